The summed E-state index contributed by atoms with van der Waals surface area (Å²) in [6.07, 6.45) is -4.42. The number of anilines is 1. The van der Waals surface area contributed by atoms with Crippen LogP contribution in [0.25, 0.3) is 11.1 Å². The van der Waals surface area contributed by atoms with Gasteiger partial charge in [0, 0.05) is 11.3 Å². The molecular formula is C21H16F3NO2. The lowest BCUT2D eigenvalue weighted by molar-refractivity contribution is -0.137. The molecule has 0 spiro atoms. The number of methoxy groups -OCH3 is 1. The van der Waals surface area contributed by atoms with Gasteiger partial charge in [0.15, 0.2) is 0 Å². The molecule has 138 valence electrons. The number of amides is 1. The van der Waals surface area contributed by atoms with Crippen molar-refractivity contribution >= 4 is 11.6 Å². The highest BCUT2D eigenvalue weighted by Gasteiger charge is 2.30. The molecule has 1 N–H and O–H groups in total. The van der Waals surface area contributed by atoms with E-state index in [2.05, 4.69) is 5.32 Å². The molecule has 3 rings (SSSR count). The van der Waals surface area contributed by atoms with Crippen molar-refractivity contribution in [3.8, 4) is 16.9 Å². The van der Waals surface area contributed by atoms with E-state index in [9.17, 15) is 18.0 Å². The van der Waals surface area contributed by atoms with Crippen LogP contribution < -0.4 is 10.1 Å². The smallest absolute Gasteiger partial charge is 0.416 e. The molecule has 3 aromatic rings. The predicted octanol–water partition coefficient (Wildman–Crippen LogP) is 5.63. The molecule has 0 aliphatic carbocycles. The maximum Gasteiger partial charge on any atom is 0.416 e. The van der Waals surface area contributed by atoms with Gasteiger partial charge in [-0.15, -0.1) is 0 Å². The number of nitrogens with one attached hydrogen (secondary N) is 1. The van der Waals surface area contributed by atoms with Crippen molar-refractivity contribution in [1.29, 1.82) is 0 Å². The third-order valence-electron chi connectivity index (χ3n) is 4.03. The van der Waals surface area contributed by atoms with Gasteiger partial charge in [-0.05, 0) is 53.6 Å². The molecule has 3 aromatic carbocycles. The lowest BCUT2D eigenvalue weighted by atomic mass is 9.98. The molecule has 0 bridgehead atoms. The number of carbonyl (C=O) groups excluding carboxylic acids is 1. The first-order chi connectivity index (χ1) is 12.9. The lowest BCUT2D eigenvalue weighted by Crippen LogP contribution is -2.13. The first-order valence-electron chi connectivity index (χ1n) is 8.10. The summed E-state index contributed by atoms with van der Waals surface area (Å²) in [5.74, 6) is 0.177. The minimum absolute atomic E-state index is 0.280. The Morgan fingerprint density at radius 1 is 0.926 bits per heavy atom. The van der Waals surface area contributed by atoms with Crippen LogP contribution in [0.5, 0.6) is 5.75 Å². The van der Waals surface area contributed by atoms with Crippen LogP contribution in [0.15, 0.2) is 72.8 Å². The highest BCUT2D eigenvalue weighted by atomic mass is 19.4. The summed E-state index contributed by atoms with van der Waals surface area (Å²) in [6, 6.07) is 18.7. The van der Waals surface area contributed by atoms with Gasteiger partial charge in [-0.25, -0.2) is 0 Å². The van der Waals surface area contributed by atoms with E-state index in [1.807, 2.05) is 30.3 Å². The molecule has 0 heterocycles. The van der Waals surface area contributed by atoms with Crippen LogP contribution in [-0.4, -0.2) is 13.0 Å². The summed E-state index contributed by atoms with van der Waals surface area (Å²) >= 11 is 0. The van der Waals surface area contributed by atoms with Crippen LogP contribution in [-0.2, 0) is 6.18 Å². The van der Waals surface area contributed by atoms with Crippen molar-refractivity contribution in [1.82, 2.24) is 0 Å². The molecule has 6 heteroatoms. The molecule has 0 aromatic heterocycles. The molecule has 1 amide bonds. The average Bonchev–Trinajstić information content (AvgIpc) is 2.68. The van der Waals surface area contributed by atoms with E-state index in [0.717, 1.165) is 17.7 Å². The molecule has 0 saturated carbocycles. The Kier molecular flexibility index (Phi) is 5.16. The first-order valence-corrected chi connectivity index (χ1v) is 8.10. The average molecular weight is 371 g/mol. The van der Waals surface area contributed by atoms with E-state index in [0.29, 0.717) is 16.9 Å². The van der Waals surface area contributed by atoms with E-state index < -0.39 is 17.6 Å². The molecule has 0 fully saturated rings. The van der Waals surface area contributed by atoms with E-state index in [-0.39, 0.29) is 5.69 Å². The summed E-state index contributed by atoms with van der Waals surface area (Å²) in [7, 11) is 1.53. The minimum atomic E-state index is -4.42. The molecule has 0 saturated heterocycles. The Bertz CT molecular complexity index is 936. The second-order valence-corrected chi connectivity index (χ2v) is 5.81. The van der Waals surface area contributed by atoms with Crippen LogP contribution in [0, 0.1) is 0 Å². The third-order valence-corrected chi connectivity index (χ3v) is 4.03. The summed E-state index contributed by atoms with van der Waals surface area (Å²) < 4.78 is 43.2. The Labute approximate surface area is 154 Å². The van der Waals surface area contributed by atoms with Crippen molar-refractivity contribution in [3.63, 3.8) is 0 Å². The van der Waals surface area contributed by atoms with Crippen LogP contribution in [0.2, 0.25) is 0 Å². The SMILES string of the molecule is COc1ccc(C(=O)Nc2ccc(C(F)(F)F)cc2)c(-c2ccccc2)c1. The van der Waals surface area contributed by atoms with Gasteiger partial charge in [-0.1, -0.05) is 30.3 Å². The quantitative estimate of drug-likeness (QED) is 0.645. The summed E-state index contributed by atoms with van der Waals surface area (Å²) in [5.41, 5.74) is 1.40. The van der Waals surface area contributed by atoms with Gasteiger partial charge in [0.2, 0.25) is 0 Å². The van der Waals surface area contributed by atoms with Crippen LogP contribution >= 0.6 is 0 Å². The largest absolute Gasteiger partial charge is 0.497 e. The van der Waals surface area contributed by atoms with E-state index in [1.54, 1.807) is 18.2 Å². The van der Waals surface area contributed by atoms with Gasteiger partial charge in [-0.2, -0.15) is 13.2 Å². The van der Waals surface area contributed by atoms with Gasteiger partial charge in [0.1, 0.15) is 5.75 Å². The fraction of sp³-hybridized carbons (Fsp3) is 0.0952. The fourth-order valence-corrected chi connectivity index (χ4v) is 2.65. The molecule has 27 heavy (non-hydrogen) atoms. The van der Waals surface area contributed by atoms with Gasteiger partial charge in [-0.3, -0.25) is 4.79 Å². The minimum Gasteiger partial charge on any atom is -0.497 e. The number of hydrogen-bond donors (Lipinski definition) is 1. The Morgan fingerprint density at radius 3 is 2.19 bits per heavy atom. The standard InChI is InChI=1S/C21H16F3NO2/c1-27-17-11-12-18(19(13-17)14-5-3-2-4-6-14)20(26)25-16-9-7-15(8-10-16)21(22,23)24/h2-13H,1H3,(H,25,26). The number of alkyl halides is 3. The maximum absolute atomic E-state index is 12.7. The van der Waals surface area contributed by atoms with Crippen molar-refractivity contribution in [3.05, 3.63) is 83.9 Å². The Morgan fingerprint density at radius 2 is 1.59 bits per heavy atom. The maximum atomic E-state index is 12.7. The fourth-order valence-electron chi connectivity index (χ4n) is 2.65. The zero-order chi connectivity index (χ0) is 19.4. The Hall–Kier alpha value is -3.28. The van der Waals surface area contributed by atoms with Gasteiger partial charge in [0.05, 0.1) is 12.7 Å². The summed E-state index contributed by atoms with van der Waals surface area (Å²) in [5, 5.41) is 2.64. The molecule has 0 radical (unpaired) electrons. The highest BCUT2D eigenvalue weighted by Crippen LogP contribution is 2.31. The summed E-state index contributed by atoms with van der Waals surface area (Å²) in [6.45, 7) is 0. The normalized spacial score (nSPS) is 11.1. The van der Waals surface area contributed by atoms with Crippen LogP contribution in [0.1, 0.15) is 15.9 Å². The number of carbonyl (C=O) groups is 1. The van der Waals surface area contributed by atoms with Gasteiger partial charge < -0.3 is 10.1 Å². The second kappa shape index (κ2) is 7.53. The topological polar surface area (TPSA) is 38.3 Å². The molecule has 0 aliphatic heterocycles. The second-order valence-electron chi connectivity index (χ2n) is 5.81. The monoisotopic (exact) mass is 371 g/mol. The number of hydrogen-bond acceptors (Lipinski definition) is 2. The van der Waals surface area contributed by atoms with Crippen molar-refractivity contribution < 1.29 is 22.7 Å². The van der Waals surface area contributed by atoms with Crippen LogP contribution in [0.4, 0.5) is 18.9 Å². The summed E-state index contributed by atoms with van der Waals surface area (Å²) in [4.78, 5) is 12.7. The van der Waals surface area contributed by atoms with Gasteiger partial charge in [0.25, 0.3) is 5.91 Å². The zero-order valence-electron chi connectivity index (χ0n) is 14.4. The van der Waals surface area contributed by atoms with Gasteiger partial charge >= 0.3 is 6.18 Å². The van der Waals surface area contributed by atoms with E-state index >= 15 is 0 Å². The predicted molar refractivity (Wildman–Crippen MR) is 97.8 cm³/mol. The number of ether oxygens (including phenoxy) is 1. The number of benzene rings is 3. The van der Waals surface area contributed by atoms with Crippen LogP contribution in [0.3, 0.4) is 0 Å². The lowest BCUT2D eigenvalue weighted by Gasteiger charge is -2.13. The molecular weight excluding hydrogens is 355 g/mol. The molecule has 0 atom stereocenters. The van der Waals surface area contributed by atoms with Crippen molar-refractivity contribution in [2.24, 2.45) is 0 Å². The molecule has 0 aliphatic rings. The molecule has 3 nitrogen and oxygen atoms in total. The Balaban J connectivity index is 1.91. The molecule has 0 unspecified atom stereocenters. The number of rotatable bonds is 4. The number of halogens is 3. The van der Waals surface area contributed by atoms with Crippen molar-refractivity contribution in [2.75, 3.05) is 12.4 Å². The van der Waals surface area contributed by atoms with Crippen molar-refractivity contribution in [2.45, 2.75) is 6.18 Å². The van der Waals surface area contributed by atoms with E-state index in [1.165, 1.54) is 19.2 Å². The first kappa shape index (κ1) is 18.5. The third kappa shape index (κ3) is 4.28. The highest BCUT2D eigenvalue weighted by molar-refractivity contribution is 6.08. The van der Waals surface area contributed by atoms with E-state index in [4.69, 9.17) is 4.74 Å². The zero-order valence-corrected chi connectivity index (χ0v) is 14.4.